The van der Waals surface area contributed by atoms with E-state index in [1.165, 1.54) is 0 Å². The zero-order chi connectivity index (χ0) is 17.2. The van der Waals surface area contributed by atoms with Crippen molar-refractivity contribution < 1.29 is 19.8 Å². The van der Waals surface area contributed by atoms with Gasteiger partial charge in [0.2, 0.25) is 5.91 Å². The van der Waals surface area contributed by atoms with E-state index in [2.05, 4.69) is 0 Å². The number of amides is 1. The number of carboxylic acids is 1. The van der Waals surface area contributed by atoms with Crippen molar-refractivity contribution in [2.24, 2.45) is 0 Å². The van der Waals surface area contributed by atoms with Crippen LogP contribution in [0.2, 0.25) is 0 Å². The third kappa shape index (κ3) is 3.39. The van der Waals surface area contributed by atoms with Crippen LogP contribution in [-0.4, -0.2) is 28.6 Å². The summed E-state index contributed by atoms with van der Waals surface area (Å²) >= 11 is 0. The molecule has 1 aliphatic rings. The lowest BCUT2D eigenvalue weighted by molar-refractivity contribution is -0.137. The van der Waals surface area contributed by atoms with Crippen LogP contribution in [0.25, 0.3) is 0 Å². The van der Waals surface area contributed by atoms with E-state index in [0.29, 0.717) is 25.8 Å². The summed E-state index contributed by atoms with van der Waals surface area (Å²) in [5, 5.41) is 18.7. The molecule has 5 nitrogen and oxygen atoms in total. The van der Waals surface area contributed by atoms with Crippen LogP contribution in [0.3, 0.4) is 0 Å². The first-order valence-corrected chi connectivity index (χ1v) is 8.15. The number of aliphatic carboxylic acids is 1. The van der Waals surface area contributed by atoms with Crippen LogP contribution in [0.15, 0.2) is 18.2 Å². The molecule has 2 N–H and O–H groups in total. The van der Waals surface area contributed by atoms with Crippen molar-refractivity contribution in [3.8, 4) is 0 Å². The molecule has 1 atom stereocenters. The van der Waals surface area contributed by atoms with Gasteiger partial charge in [0.15, 0.2) is 0 Å². The molecule has 1 aliphatic heterocycles. The number of hydrogen-bond donors (Lipinski definition) is 2. The highest BCUT2D eigenvalue weighted by Crippen LogP contribution is 2.42. The Morgan fingerprint density at radius 2 is 2.00 bits per heavy atom. The molecule has 0 radical (unpaired) electrons. The molecule has 0 saturated heterocycles. The molecule has 5 heteroatoms. The Hall–Kier alpha value is -1.88. The summed E-state index contributed by atoms with van der Waals surface area (Å²) in [5.41, 5.74) is 2.03. The highest BCUT2D eigenvalue weighted by molar-refractivity contribution is 6.07. The second-order valence-corrected chi connectivity index (χ2v) is 6.63. The molecule has 0 spiro atoms. The van der Waals surface area contributed by atoms with Crippen LogP contribution in [0.5, 0.6) is 0 Å². The van der Waals surface area contributed by atoms with Crippen LogP contribution in [-0.2, 0) is 15.0 Å². The van der Waals surface area contributed by atoms with E-state index in [9.17, 15) is 14.7 Å². The molecule has 0 saturated carbocycles. The average Bonchev–Trinajstić information content (AvgIpc) is 2.70. The Labute approximate surface area is 136 Å². The number of carbonyl (C=O) groups is 2. The van der Waals surface area contributed by atoms with Gasteiger partial charge in [-0.2, -0.15) is 0 Å². The summed E-state index contributed by atoms with van der Waals surface area (Å²) in [6.45, 7) is 6.24. The molecule has 1 heterocycles. The Morgan fingerprint density at radius 3 is 2.61 bits per heavy atom. The molecular weight excluding hydrogens is 294 g/mol. The summed E-state index contributed by atoms with van der Waals surface area (Å²) in [6, 6.07) is 5.69. The van der Waals surface area contributed by atoms with E-state index in [0.717, 1.165) is 16.8 Å². The summed E-state index contributed by atoms with van der Waals surface area (Å²) < 4.78 is 0. The molecular formula is C18H25NO4. The second-order valence-electron chi connectivity index (χ2n) is 6.63. The highest BCUT2D eigenvalue weighted by Gasteiger charge is 2.43. The lowest BCUT2D eigenvalue weighted by atomic mass is 9.85. The van der Waals surface area contributed by atoms with Crippen molar-refractivity contribution in [3.05, 3.63) is 29.3 Å². The molecule has 1 aromatic carbocycles. The minimum Gasteiger partial charge on any atom is -0.481 e. The van der Waals surface area contributed by atoms with Crippen LogP contribution in [0.4, 0.5) is 5.69 Å². The van der Waals surface area contributed by atoms with E-state index < -0.39 is 17.5 Å². The van der Waals surface area contributed by atoms with E-state index in [1.807, 2.05) is 39.0 Å². The van der Waals surface area contributed by atoms with Crippen molar-refractivity contribution in [3.63, 3.8) is 0 Å². The number of aliphatic hydroxyl groups excluding tert-OH is 1. The molecule has 0 bridgehead atoms. The lowest BCUT2D eigenvalue weighted by Gasteiger charge is -2.20. The van der Waals surface area contributed by atoms with E-state index in [4.69, 9.17) is 5.11 Å². The largest absolute Gasteiger partial charge is 0.481 e. The molecule has 1 amide bonds. The number of nitrogens with zero attached hydrogens (tertiary/aromatic N) is 1. The fraction of sp³-hybridized carbons (Fsp3) is 0.556. The predicted molar refractivity (Wildman–Crippen MR) is 88.6 cm³/mol. The van der Waals surface area contributed by atoms with Crippen molar-refractivity contribution in [2.45, 2.75) is 58.0 Å². The summed E-state index contributed by atoms with van der Waals surface area (Å²) in [6.07, 6.45) is 1.45. The summed E-state index contributed by atoms with van der Waals surface area (Å²) in [7, 11) is 0. The van der Waals surface area contributed by atoms with Crippen LogP contribution >= 0.6 is 0 Å². The van der Waals surface area contributed by atoms with Crippen molar-refractivity contribution in [1.82, 2.24) is 0 Å². The smallest absolute Gasteiger partial charge is 0.303 e. The molecule has 1 aromatic rings. The average molecular weight is 319 g/mol. The van der Waals surface area contributed by atoms with Gasteiger partial charge in [-0.1, -0.05) is 19.1 Å². The summed E-state index contributed by atoms with van der Waals surface area (Å²) in [5.74, 6) is -0.775. The molecule has 126 valence electrons. The highest BCUT2D eigenvalue weighted by atomic mass is 16.4. The van der Waals surface area contributed by atoms with Gasteiger partial charge in [-0.05, 0) is 50.3 Å². The number of unbranched alkanes of at least 4 members (excludes halogenated alkanes) is 1. The Bertz CT molecular complexity index is 609. The fourth-order valence-electron chi connectivity index (χ4n) is 3.06. The molecule has 2 rings (SSSR count). The van der Waals surface area contributed by atoms with Gasteiger partial charge in [-0.15, -0.1) is 0 Å². The molecule has 0 fully saturated rings. The first kappa shape index (κ1) is 17.5. The molecule has 1 unspecified atom stereocenters. The predicted octanol–water partition coefficient (Wildman–Crippen LogP) is 3.01. The Balaban J connectivity index is 2.22. The number of anilines is 1. The zero-order valence-electron chi connectivity index (χ0n) is 14.0. The monoisotopic (exact) mass is 319 g/mol. The normalized spacial score (nSPS) is 17.2. The zero-order valence-corrected chi connectivity index (χ0v) is 14.0. The van der Waals surface area contributed by atoms with E-state index >= 15 is 0 Å². The van der Waals surface area contributed by atoms with Crippen molar-refractivity contribution in [1.29, 1.82) is 0 Å². The maximum Gasteiger partial charge on any atom is 0.303 e. The van der Waals surface area contributed by atoms with Gasteiger partial charge in [0, 0.05) is 18.7 Å². The van der Waals surface area contributed by atoms with Gasteiger partial charge < -0.3 is 15.1 Å². The van der Waals surface area contributed by atoms with Crippen molar-refractivity contribution in [2.75, 3.05) is 11.4 Å². The van der Waals surface area contributed by atoms with Gasteiger partial charge >= 0.3 is 5.97 Å². The Kier molecular flexibility index (Phi) is 5.09. The third-order valence-electron chi connectivity index (χ3n) is 4.56. The topological polar surface area (TPSA) is 77.8 Å². The van der Waals surface area contributed by atoms with Gasteiger partial charge in [0.1, 0.15) is 0 Å². The van der Waals surface area contributed by atoms with Crippen LogP contribution in [0.1, 0.15) is 63.7 Å². The van der Waals surface area contributed by atoms with Crippen LogP contribution in [0, 0.1) is 0 Å². The number of carboxylic acid groups (broad SMARTS) is 1. The van der Waals surface area contributed by atoms with Gasteiger partial charge in [-0.3, -0.25) is 9.59 Å². The maximum absolute atomic E-state index is 12.7. The Morgan fingerprint density at radius 1 is 1.30 bits per heavy atom. The van der Waals surface area contributed by atoms with Gasteiger partial charge in [0.05, 0.1) is 11.5 Å². The van der Waals surface area contributed by atoms with Gasteiger partial charge in [0.25, 0.3) is 0 Å². The number of hydrogen-bond acceptors (Lipinski definition) is 3. The maximum atomic E-state index is 12.7. The summed E-state index contributed by atoms with van der Waals surface area (Å²) in [4.78, 5) is 25.0. The minimum absolute atomic E-state index is 0.0333. The second kappa shape index (κ2) is 6.71. The molecule has 0 aromatic heterocycles. The van der Waals surface area contributed by atoms with Crippen LogP contribution < -0.4 is 4.90 Å². The third-order valence-corrected chi connectivity index (χ3v) is 4.56. The number of benzene rings is 1. The molecule has 23 heavy (non-hydrogen) atoms. The first-order valence-electron chi connectivity index (χ1n) is 8.15. The number of fused-ring (bicyclic) bond motifs is 1. The lowest BCUT2D eigenvalue weighted by Crippen LogP contribution is -2.36. The number of carbonyl (C=O) groups excluding carboxylic acids is 1. The quantitative estimate of drug-likeness (QED) is 0.757. The van der Waals surface area contributed by atoms with Gasteiger partial charge in [-0.25, -0.2) is 0 Å². The first-order chi connectivity index (χ1) is 10.8. The minimum atomic E-state index is -0.809. The van der Waals surface area contributed by atoms with E-state index in [-0.39, 0.29) is 12.3 Å². The number of rotatable bonds is 7. The molecule has 0 aliphatic carbocycles. The van der Waals surface area contributed by atoms with Crippen molar-refractivity contribution >= 4 is 17.6 Å². The standard InChI is InChI=1S/C18H25NO4/c1-4-15(20)12-8-9-14-13(11-12)18(2,3)17(23)19(14)10-6-5-7-16(21)22/h8-9,11,15,20H,4-7,10H2,1-3H3,(H,21,22). The SMILES string of the molecule is CCC(O)c1ccc2c(c1)C(C)(C)C(=O)N2CCCCC(=O)O. The fourth-order valence-corrected chi connectivity index (χ4v) is 3.06. The van der Waals surface area contributed by atoms with E-state index in [1.54, 1.807) is 4.90 Å². The number of aliphatic hydroxyl groups is 1.